The molecular weight excluding hydrogens is 455 g/mol. The molecule has 3 rings (SSSR count). The molecule has 0 bridgehead atoms. The molecule has 2 fully saturated rings. The summed E-state index contributed by atoms with van der Waals surface area (Å²) in [5.74, 6) is 2.09. The predicted molar refractivity (Wildman–Crippen MR) is 116 cm³/mol. The third-order valence-corrected chi connectivity index (χ3v) is 6.71. The van der Waals surface area contributed by atoms with Crippen molar-refractivity contribution < 1.29 is 14.3 Å². The molecule has 0 unspecified atom stereocenters. The van der Waals surface area contributed by atoms with Crippen LogP contribution in [0.25, 0.3) is 0 Å². The summed E-state index contributed by atoms with van der Waals surface area (Å²) in [7, 11) is 3.22. The zero-order valence-electron chi connectivity index (χ0n) is 16.5. The summed E-state index contributed by atoms with van der Waals surface area (Å²) >= 11 is 2.21. The van der Waals surface area contributed by atoms with Gasteiger partial charge in [0, 0.05) is 23.2 Å². The lowest BCUT2D eigenvalue weighted by molar-refractivity contribution is 0.0666. The fourth-order valence-electron chi connectivity index (χ4n) is 4.19. The second-order valence-electron chi connectivity index (χ2n) is 7.64. The van der Waals surface area contributed by atoms with E-state index in [9.17, 15) is 4.79 Å². The van der Waals surface area contributed by atoms with Crippen molar-refractivity contribution >= 4 is 28.5 Å². The van der Waals surface area contributed by atoms with Gasteiger partial charge in [-0.25, -0.2) is 0 Å². The number of piperidine rings is 1. The monoisotopic (exact) mass is 486 g/mol. The Labute approximate surface area is 176 Å². The molecule has 5 nitrogen and oxygen atoms in total. The van der Waals surface area contributed by atoms with Crippen molar-refractivity contribution in [3.8, 4) is 11.5 Å². The summed E-state index contributed by atoms with van der Waals surface area (Å²) in [5, 5.41) is 0. The molecule has 0 saturated carbocycles. The Hall–Kier alpha value is -1.02. The average Bonchev–Trinajstić information content (AvgIpc) is 2.96. The number of methoxy groups -OCH3 is 2. The highest BCUT2D eigenvalue weighted by atomic mass is 127. The van der Waals surface area contributed by atoms with Gasteiger partial charge in [-0.2, -0.15) is 0 Å². The number of halogens is 1. The molecule has 0 atom stereocenters. The zero-order valence-corrected chi connectivity index (χ0v) is 18.7. The Kier molecular flexibility index (Phi) is 7.64. The van der Waals surface area contributed by atoms with Gasteiger partial charge in [-0.3, -0.25) is 4.79 Å². The standard InChI is InChI=1S/C21H31IN2O3/c1-26-19-13-17(18(22)14-20(19)27-2)21(25)24-11-7-16(8-12-24)15-23-9-5-3-4-6-10-23/h13-14,16H,3-12,15H2,1-2H3. The van der Waals surface area contributed by atoms with E-state index < -0.39 is 0 Å². The minimum atomic E-state index is 0.105. The number of rotatable bonds is 5. The Bertz CT molecular complexity index is 637. The maximum atomic E-state index is 13.0. The molecule has 6 heteroatoms. The number of carbonyl (C=O) groups excluding carboxylic acids is 1. The van der Waals surface area contributed by atoms with E-state index >= 15 is 0 Å². The van der Waals surface area contributed by atoms with Crippen molar-refractivity contribution in [2.24, 2.45) is 5.92 Å². The lowest BCUT2D eigenvalue weighted by Gasteiger charge is -2.35. The topological polar surface area (TPSA) is 42.0 Å². The van der Waals surface area contributed by atoms with Crippen LogP contribution in [0.5, 0.6) is 11.5 Å². The van der Waals surface area contributed by atoms with Gasteiger partial charge < -0.3 is 19.3 Å². The number of benzene rings is 1. The smallest absolute Gasteiger partial charge is 0.255 e. The fraction of sp³-hybridized carbons (Fsp3) is 0.667. The van der Waals surface area contributed by atoms with E-state index in [-0.39, 0.29) is 5.91 Å². The van der Waals surface area contributed by atoms with Crippen LogP contribution in [0.3, 0.4) is 0 Å². The van der Waals surface area contributed by atoms with Crippen LogP contribution < -0.4 is 9.47 Å². The zero-order chi connectivity index (χ0) is 19.2. The molecule has 0 N–H and O–H groups in total. The van der Waals surface area contributed by atoms with Crippen molar-refractivity contribution in [3.05, 3.63) is 21.3 Å². The molecule has 1 aromatic rings. The van der Waals surface area contributed by atoms with E-state index in [0.29, 0.717) is 17.1 Å². The molecule has 2 aliphatic heterocycles. The highest BCUT2D eigenvalue weighted by Gasteiger charge is 2.27. The Morgan fingerprint density at radius 3 is 2.19 bits per heavy atom. The molecule has 150 valence electrons. The van der Waals surface area contributed by atoms with Gasteiger partial charge in [0.05, 0.1) is 19.8 Å². The van der Waals surface area contributed by atoms with Crippen molar-refractivity contribution in [2.75, 3.05) is 46.9 Å². The van der Waals surface area contributed by atoms with Crippen LogP contribution in [0.4, 0.5) is 0 Å². The molecule has 2 heterocycles. The first-order valence-electron chi connectivity index (χ1n) is 10.1. The number of amides is 1. The first kappa shape index (κ1) is 20.7. The summed E-state index contributed by atoms with van der Waals surface area (Å²) < 4.78 is 11.6. The molecule has 0 radical (unpaired) electrons. The molecule has 1 amide bonds. The molecule has 27 heavy (non-hydrogen) atoms. The van der Waals surface area contributed by atoms with Gasteiger partial charge in [-0.15, -0.1) is 0 Å². The van der Waals surface area contributed by atoms with Gasteiger partial charge in [0.25, 0.3) is 5.91 Å². The first-order valence-corrected chi connectivity index (χ1v) is 11.1. The van der Waals surface area contributed by atoms with Crippen molar-refractivity contribution in [1.82, 2.24) is 9.80 Å². The SMILES string of the molecule is COc1cc(I)c(C(=O)N2CCC(CN3CCCCCC3)CC2)cc1OC. The molecular formula is C21H31IN2O3. The van der Waals surface area contributed by atoms with Gasteiger partial charge in [0.1, 0.15) is 0 Å². The third-order valence-electron chi connectivity index (χ3n) is 5.82. The van der Waals surface area contributed by atoms with Gasteiger partial charge in [-0.05, 0) is 79.4 Å². The fourth-order valence-corrected chi connectivity index (χ4v) is 4.86. The number of nitrogens with zero attached hydrogens (tertiary/aromatic N) is 2. The van der Waals surface area contributed by atoms with Crippen LogP contribution in [-0.2, 0) is 0 Å². The quantitative estimate of drug-likeness (QED) is 0.590. The van der Waals surface area contributed by atoms with Crippen LogP contribution >= 0.6 is 22.6 Å². The number of likely N-dealkylation sites (tertiary alicyclic amines) is 2. The lowest BCUT2D eigenvalue weighted by Crippen LogP contribution is -2.42. The van der Waals surface area contributed by atoms with E-state index in [2.05, 4.69) is 27.5 Å². The lowest BCUT2D eigenvalue weighted by atomic mass is 9.95. The molecule has 2 saturated heterocycles. The Balaban J connectivity index is 1.58. The van der Waals surface area contributed by atoms with Crippen LogP contribution in [0.1, 0.15) is 48.9 Å². The normalized spacial score (nSPS) is 19.6. The summed E-state index contributed by atoms with van der Waals surface area (Å²) in [6.07, 6.45) is 7.66. The minimum absolute atomic E-state index is 0.105. The summed E-state index contributed by atoms with van der Waals surface area (Å²) in [6.45, 7) is 5.41. The largest absolute Gasteiger partial charge is 0.493 e. The summed E-state index contributed by atoms with van der Waals surface area (Å²) in [4.78, 5) is 17.7. The number of carbonyl (C=O) groups is 1. The van der Waals surface area contributed by atoms with Crippen molar-refractivity contribution in [1.29, 1.82) is 0 Å². The number of hydrogen-bond donors (Lipinski definition) is 0. The van der Waals surface area contributed by atoms with Gasteiger partial charge in [-0.1, -0.05) is 12.8 Å². The molecule has 1 aromatic carbocycles. The summed E-state index contributed by atoms with van der Waals surface area (Å²) in [5.41, 5.74) is 0.708. The predicted octanol–water partition coefficient (Wildman–Crippen LogP) is 4.04. The van der Waals surface area contributed by atoms with Crippen molar-refractivity contribution in [3.63, 3.8) is 0 Å². The summed E-state index contributed by atoms with van der Waals surface area (Å²) in [6, 6.07) is 3.69. The minimum Gasteiger partial charge on any atom is -0.493 e. The third kappa shape index (κ3) is 5.28. The first-order chi connectivity index (χ1) is 13.1. The van der Waals surface area contributed by atoms with Crippen molar-refractivity contribution in [2.45, 2.75) is 38.5 Å². The highest BCUT2D eigenvalue weighted by Crippen LogP contribution is 2.32. The van der Waals surface area contributed by atoms with E-state index in [1.165, 1.54) is 45.3 Å². The Morgan fingerprint density at radius 1 is 1.00 bits per heavy atom. The van der Waals surface area contributed by atoms with Gasteiger partial charge in [0.15, 0.2) is 11.5 Å². The van der Waals surface area contributed by atoms with E-state index in [1.807, 2.05) is 17.0 Å². The molecule has 2 aliphatic rings. The van der Waals surface area contributed by atoms with Crippen LogP contribution in [-0.4, -0.2) is 62.7 Å². The second-order valence-corrected chi connectivity index (χ2v) is 8.80. The van der Waals surface area contributed by atoms with E-state index in [1.54, 1.807) is 14.2 Å². The number of hydrogen-bond acceptors (Lipinski definition) is 4. The molecule has 0 spiro atoms. The molecule has 0 aromatic heterocycles. The average molecular weight is 486 g/mol. The number of ether oxygens (including phenoxy) is 2. The van der Waals surface area contributed by atoms with Gasteiger partial charge in [0.2, 0.25) is 0 Å². The van der Waals surface area contributed by atoms with E-state index in [0.717, 1.165) is 35.4 Å². The maximum Gasteiger partial charge on any atom is 0.255 e. The Morgan fingerprint density at radius 2 is 1.59 bits per heavy atom. The van der Waals surface area contributed by atoms with E-state index in [4.69, 9.17) is 9.47 Å². The second kappa shape index (κ2) is 9.96. The van der Waals surface area contributed by atoms with Gasteiger partial charge >= 0.3 is 0 Å². The molecule has 0 aliphatic carbocycles. The highest BCUT2D eigenvalue weighted by molar-refractivity contribution is 14.1. The maximum absolute atomic E-state index is 13.0. The van der Waals surface area contributed by atoms with Crippen LogP contribution in [0, 0.1) is 9.49 Å². The van der Waals surface area contributed by atoms with Crippen LogP contribution in [0.2, 0.25) is 0 Å². The van der Waals surface area contributed by atoms with Crippen LogP contribution in [0.15, 0.2) is 12.1 Å².